The van der Waals surface area contributed by atoms with Crippen molar-refractivity contribution in [3.05, 3.63) is 59.1 Å². The van der Waals surface area contributed by atoms with Gasteiger partial charge in [0, 0.05) is 10.7 Å². The van der Waals surface area contributed by atoms with Crippen molar-refractivity contribution in [2.75, 3.05) is 5.73 Å². The van der Waals surface area contributed by atoms with Gasteiger partial charge in [-0.2, -0.15) is 0 Å². The van der Waals surface area contributed by atoms with Crippen molar-refractivity contribution in [2.45, 2.75) is 4.90 Å². The zero-order valence-corrected chi connectivity index (χ0v) is 11.8. The van der Waals surface area contributed by atoms with Gasteiger partial charge in [-0.05, 0) is 30.3 Å². The highest BCUT2D eigenvalue weighted by Crippen LogP contribution is 2.18. The van der Waals surface area contributed by atoms with E-state index in [4.69, 9.17) is 17.3 Å². The third-order valence-electron chi connectivity index (χ3n) is 2.54. The summed E-state index contributed by atoms with van der Waals surface area (Å²) >= 11 is 5.72. The number of nitrogens with two attached hydrogens (primary N) is 1. The number of hydrogen-bond donors (Lipinski definition) is 2. The van der Waals surface area contributed by atoms with Crippen molar-refractivity contribution in [1.29, 1.82) is 0 Å². The molecule has 0 unspecified atom stereocenters. The number of sulfonamides is 1. The molecule has 0 aliphatic carbocycles. The average Bonchev–Trinajstić information content (AvgIpc) is 2.39. The lowest BCUT2D eigenvalue weighted by Gasteiger charge is -2.08. The summed E-state index contributed by atoms with van der Waals surface area (Å²) in [7, 11) is -3.92. The summed E-state index contributed by atoms with van der Waals surface area (Å²) in [6.45, 7) is 0. The molecular weight excluding hydrogens is 300 g/mol. The van der Waals surface area contributed by atoms with E-state index in [-0.39, 0.29) is 16.1 Å². The van der Waals surface area contributed by atoms with Gasteiger partial charge in [0.15, 0.2) is 0 Å². The first-order valence-corrected chi connectivity index (χ1v) is 7.43. The highest BCUT2D eigenvalue weighted by Gasteiger charge is 2.19. The quantitative estimate of drug-likeness (QED) is 0.849. The van der Waals surface area contributed by atoms with Crippen molar-refractivity contribution in [2.24, 2.45) is 0 Å². The number of halogens is 1. The van der Waals surface area contributed by atoms with Crippen LogP contribution in [-0.4, -0.2) is 14.3 Å². The van der Waals surface area contributed by atoms with E-state index < -0.39 is 15.9 Å². The fraction of sp³-hybridized carbons (Fsp3) is 0. The van der Waals surface area contributed by atoms with Gasteiger partial charge in [0.1, 0.15) is 0 Å². The van der Waals surface area contributed by atoms with E-state index in [1.807, 2.05) is 4.72 Å². The van der Waals surface area contributed by atoms with Crippen LogP contribution in [-0.2, 0) is 10.0 Å². The van der Waals surface area contributed by atoms with Crippen LogP contribution >= 0.6 is 11.6 Å². The van der Waals surface area contributed by atoms with Crippen LogP contribution in [0.3, 0.4) is 0 Å². The highest BCUT2D eigenvalue weighted by molar-refractivity contribution is 7.90. The van der Waals surface area contributed by atoms with Gasteiger partial charge in [0.2, 0.25) is 0 Å². The van der Waals surface area contributed by atoms with Crippen LogP contribution in [0.4, 0.5) is 5.69 Å². The highest BCUT2D eigenvalue weighted by atomic mass is 35.5. The van der Waals surface area contributed by atoms with Crippen molar-refractivity contribution >= 4 is 33.2 Å². The van der Waals surface area contributed by atoms with Gasteiger partial charge >= 0.3 is 0 Å². The molecule has 0 aliphatic heterocycles. The van der Waals surface area contributed by atoms with E-state index in [1.165, 1.54) is 30.3 Å². The third-order valence-corrected chi connectivity index (χ3v) is 4.12. The lowest BCUT2D eigenvalue weighted by atomic mass is 10.2. The van der Waals surface area contributed by atoms with Crippen LogP contribution in [0.5, 0.6) is 0 Å². The van der Waals surface area contributed by atoms with Crippen molar-refractivity contribution in [1.82, 2.24) is 4.72 Å². The predicted molar refractivity (Wildman–Crippen MR) is 77.0 cm³/mol. The molecule has 0 spiro atoms. The molecular formula is C13H11ClN2O3S. The van der Waals surface area contributed by atoms with Gasteiger partial charge in [-0.15, -0.1) is 0 Å². The summed E-state index contributed by atoms with van der Waals surface area (Å²) in [5.41, 5.74) is 5.80. The monoisotopic (exact) mass is 310 g/mol. The molecule has 104 valence electrons. The number of carbonyl (C=O) groups excluding carboxylic acids is 1. The van der Waals surface area contributed by atoms with Crippen molar-refractivity contribution in [3.8, 4) is 0 Å². The second-order valence-electron chi connectivity index (χ2n) is 3.98. The minimum Gasteiger partial charge on any atom is -0.398 e. The number of benzene rings is 2. The van der Waals surface area contributed by atoms with E-state index in [1.54, 1.807) is 18.2 Å². The van der Waals surface area contributed by atoms with Crippen LogP contribution in [0.25, 0.3) is 0 Å². The van der Waals surface area contributed by atoms with Crippen LogP contribution in [0, 0.1) is 0 Å². The molecule has 0 heterocycles. The first-order valence-electron chi connectivity index (χ1n) is 5.57. The number of nitrogen functional groups attached to an aromatic ring is 1. The number of nitrogens with one attached hydrogen (secondary N) is 1. The fourth-order valence-corrected chi connectivity index (χ4v) is 2.74. The Labute approximate surface area is 121 Å². The van der Waals surface area contributed by atoms with Crippen LogP contribution in [0.2, 0.25) is 5.02 Å². The summed E-state index contributed by atoms with van der Waals surface area (Å²) < 4.78 is 25.9. The average molecular weight is 311 g/mol. The maximum atomic E-state index is 12.0. The zero-order valence-electron chi connectivity index (χ0n) is 10.2. The lowest BCUT2D eigenvalue weighted by Crippen LogP contribution is -2.31. The molecule has 7 heteroatoms. The number of anilines is 1. The van der Waals surface area contributed by atoms with E-state index in [0.717, 1.165) is 0 Å². The Morgan fingerprint density at radius 2 is 1.75 bits per heavy atom. The Kier molecular flexibility index (Phi) is 3.96. The fourth-order valence-electron chi connectivity index (χ4n) is 1.58. The minimum absolute atomic E-state index is 0.000819. The Bertz CT molecular complexity index is 745. The maximum absolute atomic E-state index is 12.0. The largest absolute Gasteiger partial charge is 0.398 e. The Morgan fingerprint density at radius 1 is 1.10 bits per heavy atom. The first-order chi connectivity index (χ1) is 9.40. The van der Waals surface area contributed by atoms with Crippen LogP contribution < -0.4 is 10.5 Å². The Hall–Kier alpha value is -2.05. The molecule has 0 radical (unpaired) electrons. The smallest absolute Gasteiger partial charge is 0.267 e. The van der Waals surface area contributed by atoms with Gasteiger partial charge in [-0.25, -0.2) is 13.1 Å². The minimum atomic E-state index is -3.92. The molecule has 2 rings (SSSR count). The topological polar surface area (TPSA) is 89.3 Å². The van der Waals surface area contributed by atoms with Gasteiger partial charge in [-0.3, -0.25) is 4.79 Å². The second kappa shape index (κ2) is 5.52. The summed E-state index contributed by atoms with van der Waals surface area (Å²) in [5, 5.41) is 0.366. The zero-order chi connectivity index (χ0) is 14.8. The van der Waals surface area contributed by atoms with E-state index >= 15 is 0 Å². The van der Waals surface area contributed by atoms with E-state index in [2.05, 4.69) is 0 Å². The van der Waals surface area contributed by atoms with Gasteiger partial charge < -0.3 is 5.73 Å². The number of hydrogen-bond acceptors (Lipinski definition) is 4. The molecule has 20 heavy (non-hydrogen) atoms. The van der Waals surface area contributed by atoms with Gasteiger partial charge in [-0.1, -0.05) is 29.8 Å². The molecule has 0 saturated carbocycles. The second-order valence-corrected chi connectivity index (χ2v) is 6.10. The van der Waals surface area contributed by atoms with Crippen molar-refractivity contribution < 1.29 is 13.2 Å². The molecule has 0 saturated heterocycles. The van der Waals surface area contributed by atoms with Gasteiger partial charge in [0.05, 0.1) is 10.5 Å². The molecule has 5 nitrogen and oxygen atoms in total. The van der Waals surface area contributed by atoms with Crippen LogP contribution in [0.15, 0.2) is 53.4 Å². The van der Waals surface area contributed by atoms with Gasteiger partial charge in [0.25, 0.3) is 15.9 Å². The number of rotatable bonds is 3. The third kappa shape index (κ3) is 3.09. The maximum Gasteiger partial charge on any atom is 0.267 e. The Balaban J connectivity index is 2.28. The summed E-state index contributed by atoms with van der Waals surface area (Å²) in [6, 6.07) is 11.8. The van der Waals surface area contributed by atoms with E-state index in [9.17, 15) is 13.2 Å². The molecule has 0 bridgehead atoms. The lowest BCUT2D eigenvalue weighted by molar-refractivity contribution is 0.0982. The van der Waals surface area contributed by atoms with Crippen LogP contribution in [0.1, 0.15) is 10.4 Å². The number of amides is 1. The molecule has 0 atom stereocenters. The summed E-state index contributed by atoms with van der Waals surface area (Å²) in [4.78, 5) is 12.0. The standard InChI is InChI=1S/C13H11ClN2O3S/c14-9-6-7-11(12(15)8-9)13(17)16-20(18,19)10-4-2-1-3-5-10/h1-8H,15H2,(H,16,17). The summed E-state index contributed by atoms with van der Waals surface area (Å²) in [5.74, 6) is -0.803. The molecule has 2 aromatic rings. The molecule has 2 aromatic carbocycles. The molecule has 3 N–H and O–H groups in total. The Morgan fingerprint density at radius 3 is 2.35 bits per heavy atom. The summed E-state index contributed by atoms with van der Waals surface area (Å²) in [6.07, 6.45) is 0. The molecule has 0 aliphatic rings. The number of carbonyl (C=O) groups is 1. The molecule has 0 aromatic heterocycles. The molecule has 1 amide bonds. The normalized spacial score (nSPS) is 11.1. The first kappa shape index (κ1) is 14.4. The van der Waals surface area contributed by atoms with E-state index in [0.29, 0.717) is 5.02 Å². The SMILES string of the molecule is Nc1cc(Cl)ccc1C(=O)NS(=O)(=O)c1ccccc1. The van der Waals surface area contributed by atoms with Crippen molar-refractivity contribution in [3.63, 3.8) is 0 Å². The molecule has 0 fully saturated rings. The predicted octanol–water partition coefficient (Wildman–Crippen LogP) is 2.04.